The number of nitrogens with one attached hydrogen (secondary N) is 2. The Bertz CT molecular complexity index is 1010. The van der Waals surface area contributed by atoms with Crippen LogP contribution in [0.25, 0.3) is 0 Å². The fourth-order valence-corrected chi connectivity index (χ4v) is 4.02. The molecule has 0 aliphatic heterocycles. The second kappa shape index (κ2) is 9.78. The van der Waals surface area contributed by atoms with Crippen molar-refractivity contribution in [2.75, 3.05) is 18.5 Å². The van der Waals surface area contributed by atoms with Crippen LogP contribution in [0.1, 0.15) is 18.5 Å². The van der Waals surface area contributed by atoms with Crippen molar-refractivity contribution in [3.8, 4) is 5.75 Å². The Morgan fingerprint density at radius 2 is 1.59 bits per heavy atom. The summed E-state index contributed by atoms with van der Waals surface area (Å²) in [6, 6.07) is 23.1. The van der Waals surface area contributed by atoms with E-state index in [-0.39, 0.29) is 17.5 Å². The molecule has 0 radical (unpaired) electrons. The molecule has 2 N–H and O–H groups in total. The van der Waals surface area contributed by atoms with E-state index in [0.717, 1.165) is 17.0 Å². The van der Waals surface area contributed by atoms with E-state index in [4.69, 9.17) is 16.3 Å². The molecule has 0 spiro atoms. The highest BCUT2D eigenvalue weighted by atomic mass is 35.5. The Morgan fingerprint density at radius 1 is 0.931 bits per heavy atom. The summed E-state index contributed by atoms with van der Waals surface area (Å²) < 4.78 is 33.5. The molecule has 3 aromatic carbocycles. The van der Waals surface area contributed by atoms with E-state index < -0.39 is 10.0 Å². The number of ether oxygens (including phenoxy) is 1. The van der Waals surface area contributed by atoms with E-state index in [1.165, 1.54) is 12.1 Å². The first-order valence-electron chi connectivity index (χ1n) is 9.27. The van der Waals surface area contributed by atoms with Gasteiger partial charge < -0.3 is 10.1 Å². The molecule has 5 nitrogen and oxygen atoms in total. The first kappa shape index (κ1) is 21.2. The summed E-state index contributed by atoms with van der Waals surface area (Å²) in [6.45, 7) is 2.72. The predicted molar refractivity (Wildman–Crippen MR) is 117 cm³/mol. The summed E-state index contributed by atoms with van der Waals surface area (Å²) in [6.07, 6.45) is 0. The van der Waals surface area contributed by atoms with Crippen molar-refractivity contribution in [2.45, 2.75) is 17.9 Å². The molecule has 0 bridgehead atoms. The third kappa shape index (κ3) is 5.97. The van der Waals surface area contributed by atoms with Crippen LogP contribution in [-0.4, -0.2) is 21.6 Å². The van der Waals surface area contributed by atoms with Gasteiger partial charge in [0.2, 0.25) is 10.0 Å². The lowest BCUT2D eigenvalue weighted by Gasteiger charge is -2.21. The zero-order valence-corrected chi connectivity index (χ0v) is 17.6. The van der Waals surface area contributed by atoms with Gasteiger partial charge in [0.15, 0.2) is 0 Å². The molecule has 0 heterocycles. The van der Waals surface area contributed by atoms with E-state index in [1.807, 2.05) is 61.5 Å². The standard InChI is InChI=1S/C22H23ClN2O3S/c1-2-28-20-12-10-19(11-13-20)25-22(17-6-4-3-5-7-17)16-24-29(26,27)21-14-8-18(23)9-15-21/h3-15,22,24-25H,2,16H2,1H3. The molecule has 0 saturated heterocycles. The number of rotatable bonds is 9. The summed E-state index contributed by atoms with van der Waals surface area (Å²) in [5.41, 5.74) is 1.84. The van der Waals surface area contributed by atoms with Crippen LogP contribution in [0.15, 0.2) is 83.8 Å². The summed E-state index contributed by atoms with van der Waals surface area (Å²) in [5, 5.41) is 3.88. The number of hydrogen-bond donors (Lipinski definition) is 2. The Morgan fingerprint density at radius 3 is 2.21 bits per heavy atom. The molecule has 0 aliphatic rings. The lowest BCUT2D eigenvalue weighted by Crippen LogP contribution is -2.31. The first-order valence-corrected chi connectivity index (χ1v) is 11.1. The molecule has 0 aliphatic carbocycles. The Kier molecular flexibility index (Phi) is 7.14. The first-order chi connectivity index (χ1) is 14.0. The quantitative estimate of drug-likeness (QED) is 0.508. The van der Waals surface area contributed by atoms with Gasteiger partial charge in [0.1, 0.15) is 5.75 Å². The van der Waals surface area contributed by atoms with E-state index in [0.29, 0.717) is 11.6 Å². The van der Waals surface area contributed by atoms with Crippen LogP contribution in [-0.2, 0) is 10.0 Å². The fraction of sp³-hybridized carbons (Fsp3) is 0.182. The van der Waals surface area contributed by atoms with E-state index in [2.05, 4.69) is 10.0 Å². The van der Waals surface area contributed by atoms with Crippen molar-refractivity contribution in [3.63, 3.8) is 0 Å². The van der Waals surface area contributed by atoms with Gasteiger partial charge in [-0.2, -0.15) is 0 Å². The molecule has 3 rings (SSSR count). The highest BCUT2D eigenvalue weighted by Crippen LogP contribution is 2.22. The summed E-state index contributed by atoms with van der Waals surface area (Å²) in [5.74, 6) is 0.790. The monoisotopic (exact) mass is 430 g/mol. The third-order valence-corrected chi connectivity index (χ3v) is 6.00. The zero-order chi connectivity index (χ0) is 20.7. The zero-order valence-electron chi connectivity index (χ0n) is 16.0. The van der Waals surface area contributed by atoms with Crippen LogP contribution in [0.3, 0.4) is 0 Å². The van der Waals surface area contributed by atoms with Gasteiger partial charge in [0, 0.05) is 17.3 Å². The molecule has 1 atom stereocenters. The van der Waals surface area contributed by atoms with Crippen LogP contribution in [0.5, 0.6) is 5.75 Å². The average molecular weight is 431 g/mol. The second-order valence-corrected chi connectivity index (χ2v) is 8.57. The minimum atomic E-state index is -3.66. The van der Waals surface area contributed by atoms with Crippen LogP contribution >= 0.6 is 11.6 Å². The molecule has 3 aromatic rings. The molecule has 1 unspecified atom stereocenters. The van der Waals surface area contributed by atoms with Gasteiger partial charge in [0.25, 0.3) is 0 Å². The van der Waals surface area contributed by atoms with E-state index >= 15 is 0 Å². The number of anilines is 1. The van der Waals surface area contributed by atoms with Gasteiger partial charge in [-0.25, -0.2) is 13.1 Å². The van der Waals surface area contributed by atoms with Gasteiger partial charge in [-0.05, 0) is 61.0 Å². The van der Waals surface area contributed by atoms with Crippen LogP contribution in [0.2, 0.25) is 5.02 Å². The second-order valence-electron chi connectivity index (χ2n) is 6.37. The lowest BCUT2D eigenvalue weighted by molar-refractivity contribution is 0.340. The van der Waals surface area contributed by atoms with Crippen molar-refractivity contribution in [1.82, 2.24) is 4.72 Å². The number of halogens is 1. The predicted octanol–water partition coefficient (Wildman–Crippen LogP) is 4.87. The van der Waals surface area contributed by atoms with E-state index in [1.54, 1.807) is 12.1 Å². The minimum absolute atomic E-state index is 0.176. The van der Waals surface area contributed by atoms with Crippen molar-refractivity contribution < 1.29 is 13.2 Å². The van der Waals surface area contributed by atoms with Gasteiger partial charge in [0.05, 0.1) is 17.5 Å². The van der Waals surface area contributed by atoms with Gasteiger partial charge in [-0.1, -0.05) is 41.9 Å². The van der Waals surface area contributed by atoms with Gasteiger partial charge >= 0.3 is 0 Å². The smallest absolute Gasteiger partial charge is 0.240 e. The summed E-state index contributed by atoms with van der Waals surface area (Å²) in [7, 11) is -3.66. The van der Waals surface area contributed by atoms with Gasteiger partial charge in [-0.3, -0.25) is 0 Å². The summed E-state index contributed by atoms with van der Waals surface area (Å²) in [4.78, 5) is 0.176. The summed E-state index contributed by atoms with van der Waals surface area (Å²) >= 11 is 5.86. The molecule has 152 valence electrons. The molecule has 0 saturated carbocycles. The molecular formula is C22H23ClN2O3S. The normalized spacial score (nSPS) is 12.3. The highest BCUT2D eigenvalue weighted by molar-refractivity contribution is 7.89. The topological polar surface area (TPSA) is 67.4 Å². The SMILES string of the molecule is CCOc1ccc(NC(CNS(=O)(=O)c2ccc(Cl)cc2)c2ccccc2)cc1. The Hall–Kier alpha value is -2.54. The molecule has 0 aromatic heterocycles. The largest absolute Gasteiger partial charge is 0.494 e. The number of benzene rings is 3. The maximum atomic E-state index is 12.6. The van der Waals surface area contributed by atoms with Crippen LogP contribution in [0.4, 0.5) is 5.69 Å². The minimum Gasteiger partial charge on any atom is -0.494 e. The Balaban J connectivity index is 1.76. The van der Waals surface area contributed by atoms with Crippen molar-refractivity contribution in [3.05, 3.63) is 89.4 Å². The molecule has 7 heteroatoms. The van der Waals surface area contributed by atoms with Crippen molar-refractivity contribution in [1.29, 1.82) is 0 Å². The number of sulfonamides is 1. The average Bonchev–Trinajstić information content (AvgIpc) is 2.73. The maximum Gasteiger partial charge on any atom is 0.240 e. The van der Waals surface area contributed by atoms with Crippen LogP contribution in [0, 0.1) is 0 Å². The fourth-order valence-electron chi connectivity index (χ4n) is 2.84. The maximum absolute atomic E-state index is 12.6. The molecule has 0 amide bonds. The highest BCUT2D eigenvalue weighted by Gasteiger charge is 2.18. The lowest BCUT2D eigenvalue weighted by atomic mass is 10.1. The van der Waals surface area contributed by atoms with Crippen molar-refractivity contribution >= 4 is 27.3 Å². The van der Waals surface area contributed by atoms with Gasteiger partial charge in [-0.15, -0.1) is 0 Å². The molecule has 0 fully saturated rings. The van der Waals surface area contributed by atoms with Crippen LogP contribution < -0.4 is 14.8 Å². The third-order valence-electron chi connectivity index (χ3n) is 4.31. The van der Waals surface area contributed by atoms with Crippen molar-refractivity contribution in [2.24, 2.45) is 0 Å². The Labute approximate surface area is 176 Å². The molecule has 29 heavy (non-hydrogen) atoms. The number of hydrogen-bond acceptors (Lipinski definition) is 4. The molecular weight excluding hydrogens is 408 g/mol. The van der Waals surface area contributed by atoms with E-state index in [9.17, 15) is 8.42 Å².